The number of benzene rings is 2. The first-order valence-corrected chi connectivity index (χ1v) is 8.80. The Hall–Kier alpha value is -3.83. The fourth-order valence-electron chi connectivity index (χ4n) is 3.08. The number of nitro groups is 1. The summed E-state index contributed by atoms with van der Waals surface area (Å²) >= 11 is 5.90. The number of ether oxygens (including phenoxy) is 1. The average molecular weight is 411 g/mol. The van der Waals surface area contributed by atoms with Crippen molar-refractivity contribution in [3.8, 4) is 6.07 Å². The Kier molecular flexibility index (Phi) is 5.52. The molecule has 1 aliphatic heterocycles. The van der Waals surface area contributed by atoms with Crippen LogP contribution in [0.2, 0.25) is 5.02 Å². The molecule has 0 unspecified atom stereocenters. The molecule has 1 atom stereocenters. The summed E-state index contributed by atoms with van der Waals surface area (Å²) < 4.78 is 5.41. The molecule has 2 aromatic rings. The number of allylic oxidation sites excluding steroid dienone is 2. The first-order chi connectivity index (χ1) is 13.8. The van der Waals surface area contributed by atoms with E-state index in [1.165, 1.54) is 25.1 Å². The molecule has 3 N–H and O–H groups in total. The SMILES string of the molecule is CC1=C(C(=O)Nc2ccccc2)[C@H](c2ccc(Cl)c([N+](=O)[O-])c2)C(C#N)=C(N)O1. The lowest BCUT2D eigenvalue weighted by molar-refractivity contribution is -0.384. The number of nitrogens with zero attached hydrogens (tertiary/aromatic N) is 2. The van der Waals surface area contributed by atoms with Crippen molar-refractivity contribution in [1.29, 1.82) is 5.26 Å². The molecule has 0 bridgehead atoms. The normalized spacial score (nSPS) is 16.1. The zero-order valence-electron chi connectivity index (χ0n) is 15.2. The minimum atomic E-state index is -0.951. The highest BCUT2D eigenvalue weighted by Crippen LogP contribution is 2.41. The fourth-order valence-corrected chi connectivity index (χ4v) is 3.26. The zero-order chi connectivity index (χ0) is 21.1. The molecule has 9 heteroatoms. The predicted molar refractivity (Wildman–Crippen MR) is 107 cm³/mol. The van der Waals surface area contributed by atoms with Crippen LogP contribution in [0.4, 0.5) is 11.4 Å². The molecule has 1 amide bonds. The third kappa shape index (κ3) is 3.90. The number of nitro benzene ring substituents is 1. The molecule has 146 valence electrons. The van der Waals surface area contributed by atoms with Gasteiger partial charge in [0.15, 0.2) is 0 Å². The number of hydrogen-bond donors (Lipinski definition) is 2. The first-order valence-electron chi connectivity index (χ1n) is 8.42. The smallest absolute Gasteiger partial charge is 0.288 e. The van der Waals surface area contributed by atoms with Gasteiger partial charge in [-0.15, -0.1) is 0 Å². The zero-order valence-corrected chi connectivity index (χ0v) is 15.9. The highest BCUT2D eigenvalue weighted by molar-refractivity contribution is 6.32. The molecule has 3 rings (SSSR count). The summed E-state index contributed by atoms with van der Waals surface area (Å²) in [6.07, 6.45) is 0. The Morgan fingerprint density at radius 2 is 2.00 bits per heavy atom. The van der Waals surface area contributed by atoms with Gasteiger partial charge in [0, 0.05) is 11.8 Å². The van der Waals surface area contributed by atoms with Crippen LogP contribution in [-0.4, -0.2) is 10.8 Å². The maximum absolute atomic E-state index is 13.0. The van der Waals surface area contributed by atoms with Crippen LogP contribution in [0.25, 0.3) is 0 Å². The van der Waals surface area contributed by atoms with Gasteiger partial charge in [-0.05, 0) is 30.7 Å². The molecule has 0 fully saturated rings. The number of carbonyl (C=O) groups is 1. The summed E-state index contributed by atoms with van der Waals surface area (Å²) in [6.45, 7) is 1.54. The standard InChI is InChI=1S/C20H15ClN4O4/c1-11-17(20(26)24-13-5-3-2-4-6-13)18(14(10-22)19(23)29-11)12-7-8-15(21)16(9-12)25(27)28/h2-9,18H,23H2,1H3,(H,24,26)/t18-/m1/s1. The first kappa shape index (κ1) is 19.9. The summed E-state index contributed by atoms with van der Waals surface area (Å²) in [5, 5.41) is 23.6. The van der Waals surface area contributed by atoms with Crippen LogP contribution in [0.5, 0.6) is 0 Å². The second-order valence-electron chi connectivity index (χ2n) is 6.18. The largest absolute Gasteiger partial charge is 0.445 e. The summed E-state index contributed by atoms with van der Waals surface area (Å²) in [6, 6.07) is 14.8. The number of hydrogen-bond acceptors (Lipinski definition) is 6. The third-order valence-electron chi connectivity index (χ3n) is 4.38. The van der Waals surface area contributed by atoms with Gasteiger partial charge in [-0.25, -0.2) is 0 Å². The monoisotopic (exact) mass is 410 g/mol. The number of nitrogens with one attached hydrogen (secondary N) is 1. The van der Waals surface area contributed by atoms with Gasteiger partial charge in [0.1, 0.15) is 22.4 Å². The van der Waals surface area contributed by atoms with E-state index in [0.29, 0.717) is 11.3 Å². The van der Waals surface area contributed by atoms with Gasteiger partial charge < -0.3 is 15.8 Å². The van der Waals surface area contributed by atoms with E-state index in [-0.39, 0.29) is 33.5 Å². The molecule has 1 heterocycles. The van der Waals surface area contributed by atoms with Crippen LogP contribution in [-0.2, 0) is 9.53 Å². The maximum atomic E-state index is 13.0. The van der Waals surface area contributed by atoms with Gasteiger partial charge in [-0.2, -0.15) is 5.26 Å². The number of halogens is 1. The minimum absolute atomic E-state index is 0.0227. The van der Waals surface area contributed by atoms with Crippen molar-refractivity contribution in [3.63, 3.8) is 0 Å². The van der Waals surface area contributed by atoms with Gasteiger partial charge >= 0.3 is 0 Å². The van der Waals surface area contributed by atoms with Crippen LogP contribution in [0.3, 0.4) is 0 Å². The molecule has 0 aliphatic carbocycles. The molecule has 8 nitrogen and oxygen atoms in total. The van der Waals surface area contributed by atoms with Crippen LogP contribution in [0, 0.1) is 21.4 Å². The molecule has 0 saturated carbocycles. The van der Waals surface area contributed by atoms with E-state index >= 15 is 0 Å². The number of para-hydroxylation sites is 1. The highest BCUT2D eigenvalue weighted by atomic mass is 35.5. The van der Waals surface area contributed by atoms with Crippen molar-refractivity contribution in [2.75, 3.05) is 5.32 Å². The van der Waals surface area contributed by atoms with Crippen molar-refractivity contribution in [2.45, 2.75) is 12.8 Å². The average Bonchev–Trinajstić information content (AvgIpc) is 2.68. The van der Waals surface area contributed by atoms with E-state index in [1.807, 2.05) is 6.07 Å². The molecule has 0 radical (unpaired) electrons. The Balaban J connectivity index is 2.12. The number of nitrogens with two attached hydrogens (primary N) is 1. The fraction of sp³-hybridized carbons (Fsp3) is 0.100. The molecule has 2 aromatic carbocycles. The summed E-state index contributed by atoms with van der Waals surface area (Å²) in [4.78, 5) is 23.7. The molecule has 0 saturated heterocycles. The molecule has 0 spiro atoms. The van der Waals surface area contributed by atoms with Gasteiger partial charge in [-0.3, -0.25) is 14.9 Å². The topological polar surface area (TPSA) is 131 Å². The van der Waals surface area contributed by atoms with E-state index in [9.17, 15) is 20.2 Å². The van der Waals surface area contributed by atoms with Crippen molar-refractivity contribution < 1.29 is 14.5 Å². The Labute approximate surface area is 171 Å². The van der Waals surface area contributed by atoms with Crippen LogP contribution >= 0.6 is 11.6 Å². The predicted octanol–water partition coefficient (Wildman–Crippen LogP) is 3.97. The second-order valence-corrected chi connectivity index (χ2v) is 6.59. The van der Waals surface area contributed by atoms with E-state index in [2.05, 4.69) is 5.32 Å². The van der Waals surface area contributed by atoms with E-state index < -0.39 is 16.7 Å². The Morgan fingerprint density at radius 3 is 2.62 bits per heavy atom. The van der Waals surface area contributed by atoms with E-state index in [4.69, 9.17) is 22.1 Å². The summed E-state index contributed by atoms with van der Waals surface area (Å²) in [5.41, 5.74) is 6.48. The Morgan fingerprint density at radius 1 is 1.31 bits per heavy atom. The van der Waals surface area contributed by atoms with Gasteiger partial charge in [0.05, 0.1) is 16.4 Å². The van der Waals surface area contributed by atoms with Crippen molar-refractivity contribution in [1.82, 2.24) is 0 Å². The lowest BCUT2D eigenvalue weighted by atomic mass is 9.82. The lowest BCUT2D eigenvalue weighted by Gasteiger charge is -2.27. The molecule has 1 aliphatic rings. The van der Waals surface area contributed by atoms with Gasteiger partial charge in [-0.1, -0.05) is 35.9 Å². The van der Waals surface area contributed by atoms with Crippen molar-refractivity contribution >= 4 is 28.9 Å². The molecule has 0 aromatic heterocycles. The van der Waals surface area contributed by atoms with E-state index in [0.717, 1.165) is 0 Å². The highest BCUT2D eigenvalue weighted by Gasteiger charge is 2.36. The quantitative estimate of drug-likeness (QED) is 0.579. The van der Waals surface area contributed by atoms with Gasteiger partial charge in [0.2, 0.25) is 5.88 Å². The summed E-state index contributed by atoms with van der Waals surface area (Å²) in [5.74, 6) is -1.44. The third-order valence-corrected chi connectivity index (χ3v) is 4.70. The lowest BCUT2D eigenvalue weighted by Crippen LogP contribution is -2.27. The van der Waals surface area contributed by atoms with Crippen molar-refractivity contribution in [3.05, 3.63) is 92.0 Å². The van der Waals surface area contributed by atoms with Crippen molar-refractivity contribution in [2.24, 2.45) is 5.73 Å². The Bertz CT molecular complexity index is 1100. The number of amides is 1. The number of carbonyl (C=O) groups excluding carboxylic acids is 1. The number of nitriles is 1. The molecular formula is C20H15ClN4O4. The van der Waals surface area contributed by atoms with E-state index in [1.54, 1.807) is 30.3 Å². The van der Waals surface area contributed by atoms with Gasteiger partial charge in [0.25, 0.3) is 11.6 Å². The number of rotatable bonds is 4. The van der Waals surface area contributed by atoms with Crippen LogP contribution in [0.15, 0.2) is 71.3 Å². The second kappa shape index (κ2) is 8.04. The molecular weight excluding hydrogens is 396 g/mol. The van der Waals surface area contributed by atoms with Crippen LogP contribution in [0.1, 0.15) is 18.4 Å². The summed E-state index contributed by atoms with van der Waals surface area (Å²) in [7, 11) is 0. The molecule has 29 heavy (non-hydrogen) atoms. The van der Waals surface area contributed by atoms with Crippen LogP contribution < -0.4 is 11.1 Å². The maximum Gasteiger partial charge on any atom is 0.288 e. The number of anilines is 1. The minimum Gasteiger partial charge on any atom is -0.445 e.